The zero-order valence-electron chi connectivity index (χ0n) is 8.34. The maximum absolute atomic E-state index is 12.2. The van der Waals surface area contributed by atoms with E-state index in [4.69, 9.17) is 28.9 Å². The summed E-state index contributed by atoms with van der Waals surface area (Å²) in [5.41, 5.74) is 6.55. The second-order valence-corrected chi connectivity index (χ2v) is 6.24. The molecular weight excluding hydrogens is 345 g/mol. The quantitative estimate of drug-likeness (QED) is 0.633. The summed E-state index contributed by atoms with van der Waals surface area (Å²) in [4.78, 5) is 12.7. The van der Waals surface area contributed by atoms with E-state index in [2.05, 4.69) is 15.9 Å². The topological polar surface area (TPSA) is 43.1 Å². The first-order valence-corrected chi connectivity index (χ1v) is 6.90. The first kappa shape index (κ1) is 12.9. The van der Waals surface area contributed by atoms with E-state index >= 15 is 0 Å². The van der Waals surface area contributed by atoms with Crippen LogP contribution in [0.5, 0.6) is 0 Å². The van der Waals surface area contributed by atoms with Gasteiger partial charge in [0, 0.05) is 20.7 Å². The molecule has 2 nitrogen and oxygen atoms in total. The minimum absolute atomic E-state index is 0.156. The van der Waals surface area contributed by atoms with E-state index < -0.39 is 0 Å². The van der Waals surface area contributed by atoms with E-state index in [1.54, 1.807) is 24.3 Å². The summed E-state index contributed by atoms with van der Waals surface area (Å²) in [6.45, 7) is 0. The fourth-order valence-corrected chi connectivity index (χ4v) is 3.17. The van der Waals surface area contributed by atoms with Gasteiger partial charge in [-0.25, -0.2) is 0 Å². The van der Waals surface area contributed by atoms with Crippen molar-refractivity contribution in [2.45, 2.75) is 0 Å². The van der Waals surface area contributed by atoms with Crippen LogP contribution in [0.25, 0.3) is 0 Å². The average molecular weight is 351 g/mol. The number of nitrogens with two attached hydrogens (primary N) is 1. The highest BCUT2D eigenvalue weighted by molar-refractivity contribution is 9.10. The van der Waals surface area contributed by atoms with E-state index in [9.17, 15) is 4.79 Å². The third-order valence-corrected chi connectivity index (χ3v) is 4.84. The van der Waals surface area contributed by atoms with Crippen LogP contribution in [0.15, 0.2) is 28.7 Å². The number of carbonyl (C=O) groups is 1. The molecule has 0 bridgehead atoms. The van der Waals surface area contributed by atoms with Gasteiger partial charge in [-0.1, -0.05) is 23.2 Å². The predicted molar refractivity (Wildman–Crippen MR) is 76.3 cm³/mol. The smallest absolute Gasteiger partial charge is 0.205 e. The van der Waals surface area contributed by atoms with Gasteiger partial charge in [-0.15, -0.1) is 11.3 Å². The number of ketones is 1. The van der Waals surface area contributed by atoms with Crippen LogP contribution in [0.4, 0.5) is 5.69 Å². The standard InChI is InChI=1S/C11H6BrCl2NOS/c12-7-4-9(17-11(7)14)10(16)6-2-1-5(13)3-8(6)15/h1-4H,15H2. The first-order valence-electron chi connectivity index (χ1n) is 4.53. The minimum atomic E-state index is -0.156. The third-order valence-electron chi connectivity index (χ3n) is 2.13. The molecule has 1 heterocycles. The van der Waals surface area contributed by atoms with Crippen molar-refractivity contribution >= 4 is 61.9 Å². The summed E-state index contributed by atoms with van der Waals surface area (Å²) in [5.74, 6) is -0.156. The number of thiophene rings is 1. The van der Waals surface area contributed by atoms with Gasteiger partial charge in [0.05, 0.1) is 4.88 Å². The molecule has 0 aliphatic rings. The number of hydrogen-bond donors (Lipinski definition) is 1. The zero-order chi connectivity index (χ0) is 12.6. The molecule has 0 radical (unpaired) electrons. The van der Waals surface area contributed by atoms with Crippen LogP contribution >= 0.6 is 50.5 Å². The molecule has 2 rings (SSSR count). The van der Waals surface area contributed by atoms with Crippen LogP contribution in [0.3, 0.4) is 0 Å². The van der Waals surface area contributed by atoms with Gasteiger partial charge < -0.3 is 5.73 Å². The molecule has 2 N–H and O–H groups in total. The molecule has 0 atom stereocenters. The lowest BCUT2D eigenvalue weighted by molar-refractivity contribution is 0.104. The van der Waals surface area contributed by atoms with Crippen LogP contribution in [-0.2, 0) is 0 Å². The highest BCUT2D eigenvalue weighted by atomic mass is 79.9. The van der Waals surface area contributed by atoms with Crippen molar-refractivity contribution in [1.29, 1.82) is 0 Å². The van der Waals surface area contributed by atoms with Crippen LogP contribution in [0, 0.1) is 0 Å². The Labute approximate surface area is 120 Å². The Kier molecular flexibility index (Phi) is 3.78. The van der Waals surface area contributed by atoms with E-state index in [1.165, 1.54) is 11.3 Å². The van der Waals surface area contributed by atoms with Crippen LogP contribution < -0.4 is 5.73 Å². The normalized spacial score (nSPS) is 10.5. The first-order chi connectivity index (χ1) is 7.99. The third kappa shape index (κ3) is 2.65. The van der Waals surface area contributed by atoms with Crippen molar-refractivity contribution in [1.82, 2.24) is 0 Å². The number of nitrogen functional groups attached to an aromatic ring is 1. The molecule has 17 heavy (non-hydrogen) atoms. The number of hydrogen-bond acceptors (Lipinski definition) is 3. The molecule has 0 aliphatic heterocycles. The monoisotopic (exact) mass is 349 g/mol. The maximum Gasteiger partial charge on any atom is 0.205 e. The van der Waals surface area contributed by atoms with E-state index in [0.717, 1.165) is 0 Å². The fourth-order valence-electron chi connectivity index (χ4n) is 1.33. The molecule has 0 amide bonds. The fraction of sp³-hybridized carbons (Fsp3) is 0. The highest BCUT2D eigenvalue weighted by Gasteiger charge is 2.16. The summed E-state index contributed by atoms with van der Waals surface area (Å²) >= 11 is 16.1. The van der Waals surface area contributed by atoms with Gasteiger partial charge in [0.15, 0.2) is 0 Å². The Morgan fingerprint density at radius 1 is 1.29 bits per heavy atom. The molecule has 1 aromatic heterocycles. The Morgan fingerprint density at radius 3 is 2.53 bits per heavy atom. The SMILES string of the molecule is Nc1cc(Cl)ccc1C(=O)c1cc(Br)c(Cl)s1. The van der Waals surface area contributed by atoms with Gasteiger partial charge in [-0.3, -0.25) is 4.79 Å². The Morgan fingerprint density at radius 2 is 2.00 bits per heavy atom. The molecular formula is C11H6BrCl2NOS. The lowest BCUT2D eigenvalue weighted by Crippen LogP contribution is -2.03. The molecule has 0 aliphatic carbocycles. The van der Waals surface area contributed by atoms with Gasteiger partial charge >= 0.3 is 0 Å². The lowest BCUT2D eigenvalue weighted by Gasteiger charge is -2.03. The van der Waals surface area contributed by atoms with Crippen molar-refractivity contribution in [3.8, 4) is 0 Å². The highest BCUT2D eigenvalue weighted by Crippen LogP contribution is 2.34. The van der Waals surface area contributed by atoms with Gasteiger partial charge in [0.2, 0.25) is 5.78 Å². The van der Waals surface area contributed by atoms with Gasteiger partial charge in [-0.05, 0) is 40.2 Å². The van der Waals surface area contributed by atoms with Gasteiger partial charge in [-0.2, -0.15) is 0 Å². The molecule has 0 saturated carbocycles. The Hall–Kier alpha value is -0.550. The number of halogens is 3. The number of carbonyl (C=O) groups excluding carboxylic acids is 1. The van der Waals surface area contributed by atoms with Crippen molar-refractivity contribution < 1.29 is 4.79 Å². The Bertz CT molecular complexity index is 578. The van der Waals surface area contributed by atoms with E-state index in [0.29, 0.717) is 30.0 Å². The molecule has 0 spiro atoms. The molecule has 6 heteroatoms. The van der Waals surface area contributed by atoms with Crippen LogP contribution in [-0.4, -0.2) is 5.78 Å². The van der Waals surface area contributed by atoms with Crippen molar-refractivity contribution in [3.05, 3.63) is 48.5 Å². The largest absolute Gasteiger partial charge is 0.398 e. The van der Waals surface area contributed by atoms with Crippen LogP contribution in [0.1, 0.15) is 15.2 Å². The lowest BCUT2D eigenvalue weighted by atomic mass is 10.1. The summed E-state index contributed by atoms with van der Waals surface area (Å²) in [6, 6.07) is 6.49. The van der Waals surface area contributed by atoms with Crippen molar-refractivity contribution in [2.75, 3.05) is 5.73 Å². The van der Waals surface area contributed by atoms with E-state index in [1.807, 2.05) is 0 Å². The number of benzene rings is 1. The number of rotatable bonds is 2. The average Bonchev–Trinajstić information content (AvgIpc) is 2.58. The zero-order valence-corrected chi connectivity index (χ0v) is 12.3. The molecule has 88 valence electrons. The second kappa shape index (κ2) is 4.98. The minimum Gasteiger partial charge on any atom is -0.398 e. The van der Waals surface area contributed by atoms with Crippen molar-refractivity contribution in [2.24, 2.45) is 0 Å². The summed E-state index contributed by atoms with van der Waals surface area (Å²) in [7, 11) is 0. The molecule has 2 aromatic rings. The second-order valence-electron chi connectivity index (χ2n) is 3.29. The Balaban J connectivity index is 2.43. The summed E-state index contributed by atoms with van der Waals surface area (Å²) < 4.78 is 1.25. The molecule has 0 saturated heterocycles. The van der Waals surface area contributed by atoms with Crippen molar-refractivity contribution in [3.63, 3.8) is 0 Å². The van der Waals surface area contributed by atoms with Gasteiger partial charge in [0.25, 0.3) is 0 Å². The predicted octanol–water partition coefficient (Wildman–Crippen LogP) is 4.63. The summed E-state index contributed by atoms with van der Waals surface area (Å²) in [6.07, 6.45) is 0. The summed E-state index contributed by atoms with van der Waals surface area (Å²) in [5, 5.41) is 0.504. The maximum atomic E-state index is 12.2. The molecule has 1 aromatic carbocycles. The van der Waals surface area contributed by atoms with Gasteiger partial charge in [0.1, 0.15) is 4.34 Å². The number of anilines is 1. The molecule has 0 unspecified atom stereocenters. The molecule has 0 fully saturated rings. The van der Waals surface area contributed by atoms with E-state index in [-0.39, 0.29) is 5.78 Å². The van der Waals surface area contributed by atoms with Crippen LogP contribution in [0.2, 0.25) is 9.36 Å².